The second-order valence-electron chi connectivity index (χ2n) is 11.0. The van der Waals surface area contributed by atoms with Gasteiger partial charge in [-0.1, -0.05) is 29.3 Å². The summed E-state index contributed by atoms with van der Waals surface area (Å²) in [7, 11) is 1.62. The van der Waals surface area contributed by atoms with E-state index in [0.29, 0.717) is 69.9 Å². The average molecular weight is 640 g/mol. The number of halogens is 1. The minimum atomic E-state index is -0.256. The third-order valence-electron chi connectivity index (χ3n) is 7.86. The van der Waals surface area contributed by atoms with Gasteiger partial charge in [-0.05, 0) is 74.0 Å². The maximum absolute atomic E-state index is 13.2. The molecule has 0 spiro atoms. The van der Waals surface area contributed by atoms with Gasteiger partial charge < -0.3 is 34.9 Å². The van der Waals surface area contributed by atoms with Crippen molar-refractivity contribution in [2.24, 2.45) is 0 Å². The molecule has 0 aliphatic carbocycles. The molecule has 1 aromatic heterocycles. The summed E-state index contributed by atoms with van der Waals surface area (Å²) in [5.74, 6) is 1.50. The first-order valence-electron chi connectivity index (χ1n) is 15.1. The van der Waals surface area contributed by atoms with Crippen LogP contribution in [0.4, 0.5) is 17.1 Å². The fourth-order valence-electron chi connectivity index (χ4n) is 5.47. The molecular formula is C35H34ClN5O5. The molecule has 0 bridgehead atoms. The third-order valence-corrected chi connectivity index (χ3v) is 8.16. The number of rotatable bonds is 10. The van der Waals surface area contributed by atoms with E-state index in [4.69, 9.17) is 30.5 Å². The number of piperidine rings is 1. The fourth-order valence-corrected chi connectivity index (χ4v) is 5.71. The Kier molecular flexibility index (Phi) is 9.84. The summed E-state index contributed by atoms with van der Waals surface area (Å²) < 4.78 is 23.0. The number of ether oxygens (including phenoxy) is 4. The summed E-state index contributed by atoms with van der Waals surface area (Å²) in [5, 5.41) is 20.7. The number of hydrogen-bond acceptors (Lipinski definition) is 9. The number of benzene rings is 3. The van der Waals surface area contributed by atoms with Crippen LogP contribution in [0.2, 0.25) is 5.02 Å². The van der Waals surface area contributed by atoms with Crippen molar-refractivity contribution in [3.05, 3.63) is 88.6 Å². The Bertz CT molecular complexity index is 1810. The van der Waals surface area contributed by atoms with Crippen molar-refractivity contribution in [3.63, 3.8) is 0 Å². The number of pyridine rings is 1. The van der Waals surface area contributed by atoms with Crippen LogP contribution in [0, 0.1) is 11.3 Å². The lowest BCUT2D eigenvalue weighted by Crippen LogP contribution is -2.24. The second-order valence-corrected chi connectivity index (χ2v) is 11.5. The predicted octanol–water partition coefficient (Wildman–Crippen LogP) is 6.51. The van der Waals surface area contributed by atoms with Gasteiger partial charge in [0.15, 0.2) is 0 Å². The van der Waals surface area contributed by atoms with Crippen molar-refractivity contribution in [1.82, 2.24) is 10.3 Å². The number of hydrogen-bond donors (Lipinski definition) is 3. The molecule has 0 saturated carbocycles. The standard InChI is InChI=1S/C35H34ClN5O5/c1-43-26-4-2-3-23(15-26)20-45-30-7-5-25(17-29(30)36)40-33-24(18-37)19-39-34-28(33)6-8-31(46-27-11-14-44-21-27)35(34)41-32(42)16-22-9-12-38-13-10-22/h2-8,15-17,19,27,38H,9-14,20-21H2,1H3,(H,39,40)(H,41,42). The molecule has 4 aromatic rings. The lowest BCUT2D eigenvalue weighted by atomic mass is 10.0. The molecule has 1 unspecified atom stereocenters. The van der Waals surface area contributed by atoms with Gasteiger partial charge in [0.25, 0.3) is 0 Å². The van der Waals surface area contributed by atoms with Gasteiger partial charge >= 0.3 is 0 Å². The summed E-state index contributed by atoms with van der Waals surface area (Å²) >= 11 is 6.63. The zero-order valence-corrected chi connectivity index (χ0v) is 26.2. The molecule has 0 radical (unpaired) electrons. The third kappa shape index (κ3) is 7.35. The molecule has 2 aliphatic rings. The topological polar surface area (TPSA) is 127 Å². The SMILES string of the molecule is COc1cccc(COc2ccc(Nc3c(C#N)cnc4c(NC(=O)C=C5CCNCC5)c(OC5CCOC5)ccc34)cc2Cl)c1. The molecule has 6 rings (SSSR count). The minimum Gasteiger partial charge on any atom is -0.497 e. The number of nitrogens with zero attached hydrogens (tertiary/aromatic N) is 2. The van der Waals surface area contributed by atoms with E-state index in [-0.39, 0.29) is 12.0 Å². The summed E-state index contributed by atoms with van der Waals surface area (Å²) in [4.78, 5) is 17.9. The van der Waals surface area contributed by atoms with E-state index in [2.05, 4.69) is 27.0 Å². The number of anilines is 3. The van der Waals surface area contributed by atoms with Gasteiger partial charge in [-0.15, -0.1) is 0 Å². The van der Waals surface area contributed by atoms with E-state index in [1.54, 1.807) is 31.4 Å². The van der Waals surface area contributed by atoms with E-state index in [1.165, 1.54) is 6.20 Å². The van der Waals surface area contributed by atoms with Gasteiger partial charge in [0, 0.05) is 29.8 Å². The second kappa shape index (κ2) is 14.5. The molecule has 11 heteroatoms. The molecule has 1 amide bonds. The molecule has 236 valence electrons. The van der Waals surface area contributed by atoms with Crippen LogP contribution in [0.5, 0.6) is 17.2 Å². The van der Waals surface area contributed by atoms with E-state index in [9.17, 15) is 10.1 Å². The van der Waals surface area contributed by atoms with Crippen molar-refractivity contribution in [2.75, 3.05) is 44.0 Å². The zero-order chi connectivity index (χ0) is 31.9. The highest BCUT2D eigenvalue weighted by atomic mass is 35.5. The van der Waals surface area contributed by atoms with Gasteiger partial charge in [0.1, 0.15) is 41.7 Å². The van der Waals surface area contributed by atoms with Gasteiger partial charge in [0.05, 0.1) is 42.1 Å². The Morgan fingerprint density at radius 2 is 2.00 bits per heavy atom. The molecule has 1 atom stereocenters. The quantitative estimate of drug-likeness (QED) is 0.167. The molecule has 3 aromatic carbocycles. The summed E-state index contributed by atoms with van der Waals surface area (Å²) in [6.45, 7) is 3.09. The highest BCUT2D eigenvalue weighted by Gasteiger charge is 2.23. The molecule has 10 nitrogen and oxygen atoms in total. The Labute approximate surface area is 272 Å². The highest BCUT2D eigenvalue weighted by molar-refractivity contribution is 6.32. The van der Waals surface area contributed by atoms with Crippen LogP contribution in [0.1, 0.15) is 30.4 Å². The van der Waals surface area contributed by atoms with Gasteiger partial charge in [-0.2, -0.15) is 5.26 Å². The number of fused-ring (bicyclic) bond motifs is 1. The van der Waals surface area contributed by atoms with Crippen molar-refractivity contribution >= 4 is 45.5 Å². The van der Waals surface area contributed by atoms with Crippen LogP contribution in [0.3, 0.4) is 0 Å². The van der Waals surface area contributed by atoms with Crippen LogP contribution in [-0.2, 0) is 16.1 Å². The summed E-state index contributed by atoms with van der Waals surface area (Å²) in [6, 6.07) is 18.8. The molecular weight excluding hydrogens is 606 g/mol. The number of carbonyl (C=O) groups is 1. The zero-order valence-electron chi connectivity index (χ0n) is 25.4. The highest BCUT2D eigenvalue weighted by Crippen LogP contribution is 2.39. The first-order valence-corrected chi connectivity index (χ1v) is 15.5. The van der Waals surface area contributed by atoms with Crippen molar-refractivity contribution in [2.45, 2.75) is 32.0 Å². The Morgan fingerprint density at radius 3 is 2.76 bits per heavy atom. The monoisotopic (exact) mass is 639 g/mol. The van der Waals surface area contributed by atoms with Gasteiger partial charge in [0.2, 0.25) is 5.91 Å². The van der Waals surface area contributed by atoms with Gasteiger partial charge in [-0.3, -0.25) is 9.78 Å². The molecule has 3 N–H and O–H groups in total. The van der Waals surface area contributed by atoms with Crippen LogP contribution < -0.4 is 30.2 Å². The van der Waals surface area contributed by atoms with Crippen LogP contribution >= 0.6 is 11.6 Å². The van der Waals surface area contributed by atoms with E-state index in [1.807, 2.05) is 36.4 Å². The number of methoxy groups -OCH3 is 1. The summed E-state index contributed by atoms with van der Waals surface area (Å²) in [5.41, 5.74) is 4.44. The largest absolute Gasteiger partial charge is 0.497 e. The Balaban J connectivity index is 1.30. The van der Waals surface area contributed by atoms with Gasteiger partial charge in [-0.25, -0.2) is 0 Å². The smallest absolute Gasteiger partial charge is 0.248 e. The fraction of sp³-hybridized carbons (Fsp3) is 0.286. The lowest BCUT2D eigenvalue weighted by molar-refractivity contribution is -0.112. The van der Waals surface area contributed by atoms with E-state index < -0.39 is 0 Å². The Morgan fingerprint density at radius 1 is 1.15 bits per heavy atom. The Hall–Kier alpha value is -4.82. The summed E-state index contributed by atoms with van der Waals surface area (Å²) in [6.07, 6.45) is 5.38. The molecule has 2 aliphatic heterocycles. The van der Waals surface area contributed by atoms with Crippen LogP contribution in [-0.4, -0.2) is 50.4 Å². The van der Waals surface area contributed by atoms with Crippen LogP contribution in [0.15, 0.2) is 72.4 Å². The first-order chi connectivity index (χ1) is 22.5. The maximum atomic E-state index is 13.2. The lowest BCUT2D eigenvalue weighted by Gasteiger charge is -2.20. The average Bonchev–Trinajstić information content (AvgIpc) is 3.59. The minimum absolute atomic E-state index is 0.140. The maximum Gasteiger partial charge on any atom is 0.248 e. The first kappa shape index (κ1) is 31.2. The van der Waals surface area contributed by atoms with E-state index >= 15 is 0 Å². The van der Waals surface area contributed by atoms with Crippen molar-refractivity contribution in [3.8, 4) is 23.3 Å². The molecule has 46 heavy (non-hydrogen) atoms. The molecule has 3 heterocycles. The number of nitriles is 1. The number of carbonyl (C=O) groups excluding carboxylic acids is 1. The predicted molar refractivity (Wildman–Crippen MR) is 177 cm³/mol. The van der Waals surface area contributed by atoms with Crippen molar-refractivity contribution < 1.29 is 23.7 Å². The van der Waals surface area contributed by atoms with E-state index in [0.717, 1.165) is 49.2 Å². The number of aromatic nitrogens is 1. The van der Waals surface area contributed by atoms with Crippen LogP contribution in [0.25, 0.3) is 10.9 Å². The van der Waals surface area contributed by atoms with Crippen molar-refractivity contribution in [1.29, 1.82) is 5.26 Å². The normalized spacial score (nSPS) is 16.0. The number of nitrogens with one attached hydrogen (secondary N) is 3. The molecule has 2 fully saturated rings. The molecule has 2 saturated heterocycles. The number of amides is 1.